The van der Waals surface area contributed by atoms with Crippen molar-refractivity contribution in [2.45, 2.75) is 57.0 Å². The molecule has 0 spiro atoms. The lowest BCUT2D eigenvalue weighted by Gasteiger charge is -2.36. The molecule has 102 valence electrons. The van der Waals surface area contributed by atoms with Gasteiger partial charge in [-0.05, 0) is 33.4 Å². The summed E-state index contributed by atoms with van der Waals surface area (Å²) >= 11 is 0. The van der Waals surface area contributed by atoms with E-state index in [0.29, 0.717) is 12.1 Å². The Morgan fingerprint density at radius 2 is 1.88 bits per heavy atom. The molecule has 0 bridgehead atoms. The minimum Gasteiger partial charge on any atom is -0.385 e. The molecule has 3 nitrogen and oxygen atoms in total. The third kappa shape index (κ3) is 5.36. The van der Waals surface area contributed by atoms with E-state index in [-0.39, 0.29) is 0 Å². The first-order chi connectivity index (χ1) is 8.29. The van der Waals surface area contributed by atoms with Gasteiger partial charge in [0.05, 0.1) is 0 Å². The molecule has 0 aliphatic heterocycles. The van der Waals surface area contributed by atoms with Crippen molar-refractivity contribution in [1.82, 2.24) is 10.2 Å². The number of nitrogens with zero attached hydrogens (tertiary/aromatic N) is 1. The molecule has 2 unspecified atom stereocenters. The average molecular weight is 242 g/mol. The second-order valence-corrected chi connectivity index (χ2v) is 5.28. The van der Waals surface area contributed by atoms with Gasteiger partial charge in [0.25, 0.3) is 0 Å². The molecule has 0 radical (unpaired) electrons. The van der Waals surface area contributed by atoms with Crippen LogP contribution in [0.3, 0.4) is 0 Å². The molecule has 3 heteroatoms. The molecule has 0 amide bonds. The van der Waals surface area contributed by atoms with Crippen LogP contribution >= 0.6 is 0 Å². The highest BCUT2D eigenvalue weighted by Crippen LogP contribution is 2.21. The molecule has 17 heavy (non-hydrogen) atoms. The fraction of sp³-hybridized carbons (Fsp3) is 1.00. The van der Waals surface area contributed by atoms with Crippen molar-refractivity contribution in [3.05, 3.63) is 0 Å². The van der Waals surface area contributed by atoms with E-state index in [1.807, 2.05) is 0 Å². The molecule has 1 rings (SSSR count). The van der Waals surface area contributed by atoms with Crippen molar-refractivity contribution in [2.75, 3.05) is 34.4 Å². The maximum Gasteiger partial charge on any atom is 0.0474 e. The smallest absolute Gasteiger partial charge is 0.0474 e. The zero-order valence-corrected chi connectivity index (χ0v) is 11.9. The van der Waals surface area contributed by atoms with E-state index < -0.39 is 0 Å². The fourth-order valence-corrected chi connectivity index (χ4v) is 2.95. The number of likely N-dealkylation sites (N-methyl/N-ethyl adjacent to an activating group) is 2. The average Bonchev–Trinajstić information content (AvgIpc) is 2.29. The van der Waals surface area contributed by atoms with E-state index in [1.165, 1.54) is 38.5 Å². The summed E-state index contributed by atoms with van der Waals surface area (Å²) in [6, 6.07) is 1.38. The summed E-state index contributed by atoms with van der Waals surface area (Å²) in [5.74, 6) is 0. The number of hydrogen-bond acceptors (Lipinski definition) is 3. The maximum atomic E-state index is 5.14. The summed E-state index contributed by atoms with van der Waals surface area (Å²) in [7, 11) is 6.17. The molecule has 1 saturated carbocycles. The first kappa shape index (κ1) is 14.9. The van der Waals surface area contributed by atoms with Crippen molar-refractivity contribution in [2.24, 2.45) is 0 Å². The number of methoxy groups -OCH3 is 1. The van der Waals surface area contributed by atoms with Gasteiger partial charge in [0.2, 0.25) is 0 Å². The van der Waals surface area contributed by atoms with Crippen LogP contribution in [0.25, 0.3) is 0 Å². The van der Waals surface area contributed by atoms with E-state index in [0.717, 1.165) is 19.6 Å². The van der Waals surface area contributed by atoms with Crippen LogP contribution in [0.15, 0.2) is 0 Å². The van der Waals surface area contributed by atoms with Gasteiger partial charge in [0.15, 0.2) is 0 Å². The third-order valence-electron chi connectivity index (χ3n) is 4.03. The second-order valence-electron chi connectivity index (χ2n) is 5.28. The summed E-state index contributed by atoms with van der Waals surface area (Å²) in [4.78, 5) is 2.53. The van der Waals surface area contributed by atoms with Crippen LogP contribution in [0.1, 0.15) is 44.9 Å². The minimum atomic E-state index is 0.669. The van der Waals surface area contributed by atoms with Gasteiger partial charge in [-0.2, -0.15) is 0 Å². The number of ether oxygens (including phenoxy) is 1. The lowest BCUT2D eigenvalue weighted by molar-refractivity contribution is 0.138. The standard InChI is InChI=1S/C14H30N2O/c1-15-13-9-6-4-5-7-10-14(13)16(2)11-8-12-17-3/h13-15H,4-12H2,1-3H3. The summed E-state index contributed by atoms with van der Waals surface area (Å²) < 4.78 is 5.14. The number of nitrogens with one attached hydrogen (secondary N) is 1. The first-order valence-corrected chi connectivity index (χ1v) is 7.16. The monoisotopic (exact) mass is 242 g/mol. The van der Waals surface area contributed by atoms with Gasteiger partial charge in [0, 0.05) is 32.3 Å². The Hall–Kier alpha value is -0.120. The normalized spacial score (nSPS) is 26.8. The van der Waals surface area contributed by atoms with Crippen molar-refractivity contribution >= 4 is 0 Å². The topological polar surface area (TPSA) is 24.5 Å². The van der Waals surface area contributed by atoms with E-state index in [2.05, 4.69) is 24.3 Å². The van der Waals surface area contributed by atoms with E-state index in [4.69, 9.17) is 4.74 Å². The van der Waals surface area contributed by atoms with Crippen molar-refractivity contribution in [3.63, 3.8) is 0 Å². The molecular weight excluding hydrogens is 212 g/mol. The summed E-state index contributed by atoms with van der Waals surface area (Å²) in [6.07, 6.45) is 9.41. The Morgan fingerprint density at radius 1 is 1.18 bits per heavy atom. The zero-order valence-electron chi connectivity index (χ0n) is 11.9. The molecule has 1 aliphatic rings. The molecule has 0 aromatic carbocycles. The highest BCUT2D eigenvalue weighted by Gasteiger charge is 2.24. The van der Waals surface area contributed by atoms with Gasteiger partial charge in [-0.15, -0.1) is 0 Å². The Morgan fingerprint density at radius 3 is 2.53 bits per heavy atom. The van der Waals surface area contributed by atoms with Crippen LogP contribution in [0, 0.1) is 0 Å². The van der Waals surface area contributed by atoms with Crippen molar-refractivity contribution in [1.29, 1.82) is 0 Å². The van der Waals surface area contributed by atoms with Crippen molar-refractivity contribution in [3.8, 4) is 0 Å². The molecular formula is C14H30N2O. The maximum absolute atomic E-state index is 5.14. The van der Waals surface area contributed by atoms with Crippen LogP contribution in [0.5, 0.6) is 0 Å². The van der Waals surface area contributed by atoms with Crippen molar-refractivity contribution < 1.29 is 4.74 Å². The Labute approximate surface area is 107 Å². The zero-order chi connectivity index (χ0) is 12.5. The largest absolute Gasteiger partial charge is 0.385 e. The molecule has 0 aromatic heterocycles. The fourth-order valence-electron chi connectivity index (χ4n) is 2.95. The molecule has 0 aromatic rings. The number of rotatable bonds is 6. The Balaban J connectivity index is 2.42. The predicted molar refractivity (Wildman–Crippen MR) is 73.5 cm³/mol. The van der Waals surface area contributed by atoms with Gasteiger partial charge in [-0.25, -0.2) is 0 Å². The quantitative estimate of drug-likeness (QED) is 0.723. The van der Waals surface area contributed by atoms with Crippen LogP contribution in [-0.4, -0.2) is 51.3 Å². The lowest BCUT2D eigenvalue weighted by Crippen LogP contribution is -2.48. The van der Waals surface area contributed by atoms with Gasteiger partial charge in [0.1, 0.15) is 0 Å². The molecule has 1 fully saturated rings. The van der Waals surface area contributed by atoms with Gasteiger partial charge in [-0.1, -0.05) is 25.7 Å². The molecule has 1 aliphatic carbocycles. The second kappa shape index (κ2) is 8.90. The third-order valence-corrected chi connectivity index (χ3v) is 4.03. The van der Waals surface area contributed by atoms with E-state index >= 15 is 0 Å². The van der Waals surface area contributed by atoms with Crippen LogP contribution in [0.2, 0.25) is 0 Å². The summed E-state index contributed by atoms with van der Waals surface area (Å²) in [5.41, 5.74) is 0. The minimum absolute atomic E-state index is 0.669. The Kier molecular flexibility index (Phi) is 7.82. The van der Waals surface area contributed by atoms with Crippen LogP contribution in [0.4, 0.5) is 0 Å². The van der Waals surface area contributed by atoms with Gasteiger partial charge < -0.3 is 15.0 Å². The highest BCUT2D eigenvalue weighted by molar-refractivity contribution is 4.84. The lowest BCUT2D eigenvalue weighted by atomic mass is 9.91. The Bertz CT molecular complexity index is 187. The first-order valence-electron chi connectivity index (χ1n) is 7.16. The predicted octanol–water partition coefficient (Wildman–Crippen LogP) is 2.27. The summed E-state index contributed by atoms with van der Waals surface area (Å²) in [6.45, 7) is 2.03. The molecule has 2 atom stereocenters. The highest BCUT2D eigenvalue weighted by atomic mass is 16.5. The number of hydrogen-bond donors (Lipinski definition) is 1. The molecule has 0 heterocycles. The molecule has 0 saturated heterocycles. The SMILES string of the molecule is CNC1CCCCCCC1N(C)CCCOC. The van der Waals surface area contributed by atoms with Gasteiger partial charge >= 0.3 is 0 Å². The summed E-state index contributed by atoms with van der Waals surface area (Å²) in [5, 5.41) is 3.52. The van der Waals surface area contributed by atoms with Crippen LogP contribution < -0.4 is 5.32 Å². The molecule has 1 N–H and O–H groups in total. The van der Waals surface area contributed by atoms with Gasteiger partial charge in [-0.3, -0.25) is 0 Å². The van der Waals surface area contributed by atoms with Crippen LogP contribution in [-0.2, 0) is 4.74 Å². The van der Waals surface area contributed by atoms with E-state index in [9.17, 15) is 0 Å². The van der Waals surface area contributed by atoms with E-state index in [1.54, 1.807) is 7.11 Å².